The van der Waals surface area contributed by atoms with Crippen molar-refractivity contribution in [2.75, 3.05) is 33.4 Å². The lowest BCUT2D eigenvalue weighted by Gasteiger charge is -2.30. The largest absolute Gasteiger partial charge is 0.416 e. The summed E-state index contributed by atoms with van der Waals surface area (Å²) in [5, 5.41) is 15.8. The molecule has 4 N–H and O–H groups in total. The summed E-state index contributed by atoms with van der Waals surface area (Å²) in [6.45, 7) is 2.62. The summed E-state index contributed by atoms with van der Waals surface area (Å²) in [6, 6.07) is 5.00. The average molecular weight is 471 g/mol. The molecule has 0 spiro atoms. The highest BCUT2D eigenvalue weighted by molar-refractivity contribution is 8.40. The lowest BCUT2D eigenvalue weighted by Crippen LogP contribution is -2.38. The van der Waals surface area contributed by atoms with E-state index in [4.69, 9.17) is 16.2 Å². The SMILES string of the molecule is CN1N=C(SCc2ccc(C(F)(F)F)cc2C#N)SC(N)=C1/C=C(\N)N1CCOCC1. The number of benzene rings is 1. The Morgan fingerprint density at radius 3 is 2.71 bits per heavy atom. The number of nitrogens with two attached hydrogens (primary N) is 2. The van der Waals surface area contributed by atoms with Gasteiger partial charge in [-0.3, -0.25) is 5.01 Å². The van der Waals surface area contributed by atoms with Gasteiger partial charge in [0, 0.05) is 32.0 Å². The second-order valence-corrected chi connectivity index (χ2v) is 8.93. The summed E-state index contributed by atoms with van der Waals surface area (Å²) >= 11 is 2.55. The van der Waals surface area contributed by atoms with Gasteiger partial charge < -0.3 is 21.1 Å². The minimum atomic E-state index is -4.49. The normalized spacial score (nSPS) is 18.2. The first-order chi connectivity index (χ1) is 14.7. The number of nitriles is 1. The number of hydrogen-bond donors (Lipinski definition) is 2. The lowest BCUT2D eigenvalue weighted by atomic mass is 10.1. The minimum Gasteiger partial charge on any atom is -0.391 e. The first-order valence-corrected chi connectivity index (χ1v) is 11.0. The van der Waals surface area contributed by atoms with Crippen molar-refractivity contribution in [3.05, 3.63) is 57.5 Å². The maximum atomic E-state index is 12.9. The molecule has 7 nitrogen and oxygen atoms in total. The molecule has 31 heavy (non-hydrogen) atoms. The predicted octanol–water partition coefficient (Wildman–Crippen LogP) is 3.02. The van der Waals surface area contributed by atoms with Crippen molar-refractivity contribution in [2.24, 2.45) is 16.6 Å². The number of likely N-dealkylation sites (N-methyl/N-ethyl adjacent to an activating group) is 1. The van der Waals surface area contributed by atoms with Crippen molar-refractivity contribution in [1.82, 2.24) is 9.91 Å². The third kappa shape index (κ3) is 5.81. The first kappa shape index (κ1) is 23.2. The first-order valence-electron chi connectivity index (χ1n) is 9.22. The Morgan fingerprint density at radius 1 is 1.39 bits per heavy atom. The van der Waals surface area contributed by atoms with Gasteiger partial charge in [0.2, 0.25) is 0 Å². The van der Waals surface area contributed by atoms with Crippen molar-refractivity contribution in [1.29, 1.82) is 5.26 Å². The van der Waals surface area contributed by atoms with Gasteiger partial charge in [0.1, 0.15) is 5.82 Å². The van der Waals surface area contributed by atoms with E-state index in [1.54, 1.807) is 18.1 Å². The Balaban J connectivity index is 1.67. The number of halogens is 3. The van der Waals surface area contributed by atoms with Crippen LogP contribution in [0.1, 0.15) is 16.7 Å². The number of thioether (sulfide) groups is 2. The Kier molecular flexibility index (Phi) is 7.30. The van der Waals surface area contributed by atoms with Crippen LogP contribution in [0.5, 0.6) is 0 Å². The van der Waals surface area contributed by atoms with Crippen LogP contribution in [0.2, 0.25) is 0 Å². The molecule has 3 rings (SSSR count). The van der Waals surface area contributed by atoms with Gasteiger partial charge in [-0.15, -0.1) is 0 Å². The topological polar surface area (TPSA) is 104 Å². The third-order valence-corrected chi connectivity index (χ3v) is 6.67. The van der Waals surface area contributed by atoms with Crippen LogP contribution in [-0.4, -0.2) is 47.6 Å². The molecule has 166 valence electrons. The van der Waals surface area contributed by atoms with Crippen LogP contribution in [0.25, 0.3) is 0 Å². The van der Waals surface area contributed by atoms with Gasteiger partial charge in [0.25, 0.3) is 0 Å². The van der Waals surface area contributed by atoms with E-state index in [0.29, 0.717) is 52.8 Å². The quantitative estimate of drug-likeness (QED) is 0.692. The van der Waals surface area contributed by atoms with Crippen molar-refractivity contribution in [3.8, 4) is 6.07 Å². The molecule has 0 aliphatic carbocycles. The van der Waals surface area contributed by atoms with Gasteiger partial charge in [-0.25, -0.2) is 0 Å². The smallest absolute Gasteiger partial charge is 0.391 e. The zero-order valence-corrected chi connectivity index (χ0v) is 18.3. The molecule has 1 fully saturated rings. The maximum absolute atomic E-state index is 12.9. The molecular formula is C19H21F3N6OS2. The van der Waals surface area contributed by atoms with E-state index >= 15 is 0 Å². The van der Waals surface area contributed by atoms with E-state index in [9.17, 15) is 18.4 Å². The molecule has 1 aromatic rings. The Labute approximate surface area is 186 Å². The summed E-state index contributed by atoms with van der Waals surface area (Å²) < 4.78 is 44.5. The fourth-order valence-corrected chi connectivity index (χ4v) is 4.94. The number of hydrazone groups is 1. The third-order valence-electron chi connectivity index (χ3n) is 4.60. The standard InChI is InChI=1S/C19H21F3N6OS2/c1-27-15(9-16(24)28-4-6-29-7-5-28)17(25)31-18(26-27)30-11-12-2-3-14(19(20,21)22)8-13(12)10-23/h2-3,8-9H,4-7,11,24-25H2,1H3/b16-9+. The Bertz CT molecular complexity index is 964. The molecule has 2 aliphatic rings. The number of hydrogen-bond acceptors (Lipinski definition) is 9. The second-order valence-electron chi connectivity index (χ2n) is 6.68. The number of allylic oxidation sites excluding steroid dienone is 1. The number of rotatable bonds is 4. The van der Waals surface area contributed by atoms with Gasteiger partial charge in [-0.1, -0.05) is 17.8 Å². The number of ether oxygens (including phenoxy) is 1. The molecule has 1 saturated heterocycles. The van der Waals surface area contributed by atoms with Gasteiger partial charge in [0.15, 0.2) is 4.38 Å². The van der Waals surface area contributed by atoms with E-state index in [2.05, 4.69) is 5.10 Å². The van der Waals surface area contributed by atoms with E-state index in [1.165, 1.54) is 29.6 Å². The van der Waals surface area contributed by atoms with Crippen molar-refractivity contribution in [3.63, 3.8) is 0 Å². The molecule has 0 atom stereocenters. The van der Waals surface area contributed by atoms with Crippen LogP contribution in [0.15, 0.2) is 45.9 Å². The number of nitrogens with zero attached hydrogens (tertiary/aromatic N) is 4. The van der Waals surface area contributed by atoms with Gasteiger partial charge in [-0.05, 0) is 29.5 Å². The highest BCUT2D eigenvalue weighted by atomic mass is 32.2. The molecule has 0 bridgehead atoms. The highest BCUT2D eigenvalue weighted by Crippen LogP contribution is 2.35. The van der Waals surface area contributed by atoms with Crippen molar-refractivity contribution < 1.29 is 17.9 Å². The monoisotopic (exact) mass is 470 g/mol. The highest BCUT2D eigenvalue weighted by Gasteiger charge is 2.31. The van der Waals surface area contributed by atoms with Crippen LogP contribution in [0, 0.1) is 11.3 Å². The number of alkyl halides is 3. The Hall–Kier alpha value is -2.49. The average Bonchev–Trinajstić information content (AvgIpc) is 2.74. The molecule has 0 saturated carbocycles. The van der Waals surface area contributed by atoms with Crippen LogP contribution in [0.3, 0.4) is 0 Å². The fourth-order valence-electron chi connectivity index (χ4n) is 2.90. The number of morpholine rings is 1. The second kappa shape index (κ2) is 9.76. The molecular weight excluding hydrogens is 449 g/mol. The van der Waals surface area contributed by atoms with E-state index in [0.717, 1.165) is 12.1 Å². The molecule has 0 unspecified atom stereocenters. The summed E-state index contributed by atoms with van der Waals surface area (Å²) in [6.07, 6.45) is -2.72. The van der Waals surface area contributed by atoms with Crippen LogP contribution >= 0.6 is 23.5 Å². The van der Waals surface area contributed by atoms with Crippen LogP contribution in [-0.2, 0) is 16.7 Å². The van der Waals surface area contributed by atoms with Crippen molar-refractivity contribution in [2.45, 2.75) is 11.9 Å². The van der Waals surface area contributed by atoms with Gasteiger partial charge in [-0.2, -0.15) is 23.5 Å². The molecule has 12 heteroatoms. The maximum Gasteiger partial charge on any atom is 0.416 e. The molecule has 0 radical (unpaired) electrons. The molecule has 2 heterocycles. The zero-order valence-electron chi connectivity index (χ0n) is 16.6. The van der Waals surface area contributed by atoms with E-state index in [1.807, 2.05) is 11.0 Å². The summed E-state index contributed by atoms with van der Waals surface area (Å²) in [4.78, 5) is 2.00. The minimum absolute atomic E-state index is 0.0116. The molecule has 2 aliphatic heterocycles. The summed E-state index contributed by atoms with van der Waals surface area (Å²) in [5.41, 5.74) is 12.7. The van der Waals surface area contributed by atoms with Crippen LogP contribution in [0.4, 0.5) is 13.2 Å². The lowest BCUT2D eigenvalue weighted by molar-refractivity contribution is -0.137. The molecule has 1 aromatic carbocycles. The van der Waals surface area contributed by atoms with Gasteiger partial charge >= 0.3 is 6.18 Å². The zero-order chi connectivity index (χ0) is 22.6. The predicted molar refractivity (Wildman–Crippen MR) is 116 cm³/mol. The molecule has 0 aromatic heterocycles. The Morgan fingerprint density at radius 2 is 2.10 bits per heavy atom. The summed E-state index contributed by atoms with van der Waals surface area (Å²) in [5.74, 6) is 0.859. The van der Waals surface area contributed by atoms with Crippen molar-refractivity contribution >= 4 is 27.9 Å². The van der Waals surface area contributed by atoms with Crippen LogP contribution < -0.4 is 11.5 Å². The molecule has 0 amide bonds. The van der Waals surface area contributed by atoms with E-state index < -0.39 is 11.7 Å². The summed E-state index contributed by atoms with van der Waals surface area (Å²) in [7, 11) is 1.74. The van der Waals surface area contributed by atoms with Gasteiger partial charge in [0.05, 0.1) is 41.1 Å². The fraction of sp³-hybridized carbons (Fsp3) is 0.368. The van der Waals surface area contributed by atoms with E-state index in [-0.39, 0.29) is 11.3 Å².